The summed E-state index contributed by atoms with van der Waals surface area (Å²) in [5.41, 5.74) is 3.24. The van der Waals surface area contributed by atoms with Crippen molar-refractivity contribution in [3.8, 4) is 5.75 Å². The zero-order chi connectivity index (χ0) is 13.5. The van der Waals surface area contributed by atoms with Gasteiger partial charge in [0.1, 0.15) is 5.75 Å². The number of methoxy groups -OCH3 is 1. The van der Waals surface area contributed by atoms with Gasteiger partial charge in [-0.2, -0.15) is 0 Å². The molecule has 0 fully saturated rings. The maximum atomic E-state index is 10.7. The van der Waals surface area contributed by atoms with Crippen LogP contribution in [0, 0.1) is 0 Å². The van der Waals surface area contributed by atoms with Gasteiger partial charge in [-0.25, -0.2) is 0 Å². The molecule has 1 N–H and O–H groups in total. The van der Waals surface area contributed by atoms with Gasteiger partial charge >= 0.3 is 5.97 Å². The van der Waals surface area contributed by atoms with Gasteiger partial charge in [0.2, 0.25) is 0 Å². The second kappa shape index (κ2) is 6.84. The number of carbonyl (C=O) groups is 1. The Bertz CT molecular complexity index is 447. The van der Waals surface area contributed by atoms with Gasteiger partial charge in [0.25, 0.3) is 0 Å². The Labute approximate surface area is 108 Å². The van der Waals surface area contributed by atoms with Crippen LogP contribution in [0.1, 0.15) is 37.8 Å². The molecular formula is C15H20O3. The summed E-state index contributed by atoms with van der Waals surface area (Å²) in [5.74, 6) is -0.0164. The lowest BCUT2D eigenvalue weighted by atomic mass is 9.98. The van der Waals surface area contributed by atoms with E-state index in [4.69, 9.17) is 9.84 Å². The van der Waals surface area contributed by atoms with E-state index < -0.39 is 5.97 Å². The number of carboxylic acid groups (broad SMARTS) is 1. The van der Waals surface area contributed by atoms with Crippen LogP contribution in [-0.4, -0.2) is 18.2 Å². The maximum Gasteiger partial charge on any atom is 0.307 e. The molecule has 3 nitrogen and oxygen atoms in total. The number of hydrogen-bond acceptors (Lipinski definition) is 2. The Kier molecular flexibility index (Phi) is 5.43. The number of carboxylic acids is 1. The van der Waals surface area contributed by atoms with Crippen molar-refractivity contribution in [2.24, 2.45) is 0 Å². The summed E-state index contributed by atoms with van der Waals surface area (Å²) in [6, 6.07) is 6.06. The Morgan fingerprint density at radius 2 is 2.11 bits per heavy atom. The van der Waals surface area contributed by atoms with Gasteiger partial charge in [-0.05, 0) is 36.1 Å². The van der Waals surface area contributed by atoms with E-state index in [1.807, 2.05) is 19.1 Å². The van der Waals surface area contributed by atoms with Crippen molar-refractivity contribution in [2.75, 3.05) is 7.11 Å². The minimum atomic E-state index is -0.813. The van der Waals surface area contributed by atoms with Crippen molar-refractivity contribution in [1.29, 1.82) is 0 Å². The first-order chi connectivity index (χ1) is 8.62. The Morgan fingerprint density at radius 1 is 1.39 bits per heavy atom. The van der Waals surface area contributed by atoms with Crippen molar-refractivity contribution in [1.82, 2.24) is 0 Å². The molecule has 18 heavy (non-hydrogen) atoms. The lowest BCUT2D eigenvalue weighted by Crippen LogP contribution is -1.96. The molecule has 0 saturated carbocycles. The molecule has 1 aromatic carbocycles. The molecule has 1 rings (SSSR count). The smallest absolute Gasteiger partial charge is 0.307 e. The van der Waals surface area contributed by atoms with E-state index in [2.05, 4.69) is 13.0 Å². The molecule has 0 aliphatic carbocycles. The minimum Gasteiger partial charge on any atom is -0.496 e. The van der Waals surface area contributed by atoms with Crippen LogP contribution in [0.25, 0.3) is 5.57 Å². The second-order valence-corrected chi connectivity index (χ2v) is 4.07. The molecule has 3 heteroatoms. The van der Waals surface area contributed by atoms with Gasteiger partial charge in [0.05, 0.1) is 13.5 Å². The number of benzene rings is 1. The van der Waals surface area contributed by atoms with E-state index in [-0.39, 0.29) is 6.42 Å². The van der Waals surface area contributed by atoms with Crippen LogP contribution in [0.15, 0.2) is 24.3 Å². The lowest BCUT2D eigenvalue weighted by Gasteiger charge is -2.12. The predicted molar refractivity (Wildman–Crippen MR) is 72.9 cm³/mol. The predicted octanol–water partition coefficient (Wildman–Crippen LogP) is 3.53. The minimum absolute atomic E-state index is 0.0443. The van der Waals surface area contributed by atoms with Crippen LogP contribution in [0.4, 0.5) is 0 Å². The van der Waals surface area contributed by atoms with Crippen LogP contribution >= 0.6 is 0 Å². The molecular weight excluding hydrogens is 228 g/mol. The largest absolute Gasteiger partial charge is 0.496 e. The standard InChI is InChI=1S/C15H20O3/c1-4-11-6-8-14(18-3)13(10-11)12(5-2)7-9-15(16)17/h6-8,10H,4-5,9H2,1-3H3,(H,16,17)/b12-7+. The van der Waals surface area contributed by atoms with Crippen molar-refractivity contribution in [3.63, 3.8) is 0 Å². The monoisotopic (exact) mass is 248 g/mol. The van der Waals surface area contributed by atoms with Gasteiger partial charge in [-0.3, -0.25) is 4.79 Å². The van der Waals surface area contributed by atoms with Crippen LogP contribution in [0.2, 0.25) is 0 Å². The molecule has 0 aromatic heterocycles. The second-order valence-electron chi connectivity index (χ2n) is 4.07. The van der Waals surface area contributed by atoms with E-state index in [0.717, 1.165) is 29.7 Å². The first-order valence-corrected chi connectivity index (χ1v) is 6.20. The van der Waals surface area contributed by atoms with Gasteiger partial charge in [0.15, 0.2) is 0 Å². The molecule has 0 radical (unpaired) electrons. The molecule has 0 saturated heterocycles. The third-order valence-corrected chi connectivity index (χ3v) is 2.92. The number of hydrogen-bond donors (Lipinski definition) is 1. The molecule has 0 aliphatic rings. The summed E-state index contributed by atoms with van der Waals surface area (Å²) in [4.78, 5) is 10.7. The third-order valence-electron chi connectivity index (χ3n) is 2.92. The van der Waals surface area contributed by atoms with E-state index in [0.29, 0.717) is 0 Å². The van der Waals surface area contributed by atoms with Gasteiger partial charge in [0, 0.05) is 5.56 Å². The van der Waals surface area contributed by atoms with E-state index >= 15 is 0 Å². The third kappa shape index (κ3) is 3.62. The fraction of sp³-hybridized carbons (Fsp3) is 0.400. The number of aryl methyl sites for hydroxylation is 1. The molecule has 0 spiro atoms. The first kappa shape index (κ1) is 14.3. The summed E-state index contributed by atoms with van der Waals surface area (Å²) in [7, 11) is 1.63. The number of rotatable bonds is 6. The van der Waals surface area contributed by atoms with Crippen molar-refractivity contribution in [2.45, 2.75) is 33.1 Å². The maximum absolute atomic E-state index is 10.7. The Hall–Kier alpha value is -1.77. The van der Waals surface area contributed by atoms with Crippen molar-refractivity contribution in [3.05, 3.63) is 35.4 Å². The fourth-order valence-corrected chi connectivity index (χ4v) is 1.88. The summed E-state index contributed by atoms with van der Waals surface area (Å²) in [6.45, 7) is 4.11. The quantitative estimate of drug-likeness (QED) is 0.837. The average Bonchev–Trinajstić information content (AvgIpc) is 2.38. The molecule has 98 valence electrons. The molecule has 0 atom stereocenters. The van der Waals surface area contributed by atoms with E-state index in [1.165, 1.54) is 5.56 Å². The highest BCUT2D eigenvalue weighted by atomic mass is 16.5. The SMILES string of the molecule is CC/C(=C\CC(=O)O)c1cc(CC)ccc1OC. The lowest BCUT2D eigenvalue weighted by molar-refractivity contribution is -0.135. The van der Waals surface area contributed by atoms with Crippen LogP contribution in [0.5, 0.6) is 5.75 Å². The summed E-state index contributed by atoms with van der Waals surface area (Å²) < 4.78 is 5.35. The highest BCUT2D eigenvalue weighted by Gasteiger charge is 2.08. The average molecular weight is 248 g/mol. The Morgan fingerprint density at radius 3 is 2.61 bits per heavy atom. The highest BCUT2D eigenvalue weighted by Crippen LogP contribution is 2.29. The highest BCUT2D eigenvalue weighted by molar-refractivity contribution is 5.76. The van der Waals surface area contributed by atoms with Crippen LogP contribution in [0.3, 0.4) is 0 Å². The number of aliphatic carboxylic acids is 1. The summed E-state index contributed by atoms with van der Waals surface area (Å²) in [5, 5.41) is 8.76. The molecule has 0 heterocycles. The summed E-state index contributed by atoms with van der Waals surface area (Å²) >= 11 is 0. The first-order valence-electron chi connectivity index (χ1n) is 6.20. The van der Waals surface area contributed by atoms with Gasteiger partial charge in [-0.15, -0.1) is 0 Å². The summed E-state index contributed by atoms with van der Waals surface area (Å²) in [6.07, 6.45) is 3.55. The fourth-order valence-electron chi connectivity index (χ4n) is 1.88. The number of allylic oxidation sites excluding steroid dienone is 1. The molecule has 0 bridgehead atoms. The molecule has 0 amide bonds. The van der Waals surface area contributed by atoms with Crippen molar-refractivity contribution < 1.29 is 14.6 Å². The molecule has 1 aromatic rings. The zero-order valence-corrected chi connectivity index (χ0v) is 11.2. The molecule has 0 aliphatic heterocycles. The van der Waals surface area contributed by atoms with E-state index in [1.54, 1.807) is 13.2 Å². The van der Waals surface area contributed by atoms with Crippen molar-refractivity contribution >= 4 is 11.5 Å². The van der Waals surface area contributed by atoms with Crippen LogP contribution in [-0.2, 0) is 11.2 Å². The normalized spacial score (nSPS) is 11.4. The Balaban J connectivity index is 3.17. The van der Waals surface area contributed by atoms with Gasteiger partial charge in [-0.1, -0.05) is 26.0 Å². The zero-order valence-electron chi connectivity index (χ0n) is 11.2. The van der Waals surface area contributed by atoms with Gasteiger partial charge < -0.3 is 9.84 Å². The number of ether oxygens (including phenoxy) is 1. The molecule has 0 unspecified atom stereocenters. The van der Waals surface area contributed by atoms with E-state index in [9.17, 15) is 4.79 Å². The topological polar surface area (TPSA) is 46.5 Å². The van der Waals surface area contributed by atoms with Crippen LogP contribution < -0.4 is 4.74 Å².